The zero-order valence-electron chi connectivity index (χ0n) is 10.1. The number of carbonyl (C=O) groups is 1. The van der Waals surface area contributed by atoms with Gasteiger partial charge < -0.3 is 0 Å². The number of nitrogens with zero attached hydrogens (tertiary/aromatic N) is 3. The summed E-state index contributed by atoms with van der Waals surface area (Å²) < 4.78 is 2.08. The van der Waals surface area contributed by atoms with E-state index >= 15 is 0 Å². The molecule has 17 heavy (non-hydrogen) atoms. The number of carbonyl (C=O) groups excluding carboxylic acids is 1. The molecule has 2 aliphatic carbocycles. The van der Waals surface area contributed by atoms with Crippen LogP contribution in [0.25, 0.3) is 0 Å². The minimum atomic E-state index is 0.481. The summed E-state index contributed by atoms with van der Waals surface area (Å²) in [6, 6.07) is 0.481. The minimum Gasteiger partial charge on any atom is -0.296 e. The predicted octanol–water partition coefficient (Wildman–Crippen LogP) is 2.86. The Morgan fingerprint density at radius 1 is 1.06 bits per heavy atom. The molecule has 0 radical (unpaired) electrons. The van der Waals surface area contributed by atoms with E-state index < -0.39 is 0 Å². The van der Waals surface area contributed by atoms with Crippen LogP contribution in [0.15, 0.2) is 0 Å². The summed E-state index contributed by atoms with van der Waals surface area (Å²) in [5, 5.41) is 8.30. The molecule has 2 saturated carbocycles. The molecule has 0 aliphatic heterocycles. The quantitative estimate of drug-likeness (QED) is 0.595. The molecule has 92 valence electrons. The summed E-state index contributed by atoms with van der Waals surface area (Å²) in [6.45, 7) is 0. The molecule has 0 saturated heterocycles. The molecule has 0 aromatic carbocycles. The van der Waals surface area contributed by atoms with Gasteiger partial charge in [-0.25, -0.2) is 4.68 Å². The standard InChI is InChI=1S/C13H19N3O/c17-9-12-13(10-7-8-10)16(15-14-12)11-5-3-1-2-4-6-11/h9-11H,1-8H2. The molecule has 4 heteroatoms. The van der Waals surface area contributed by atoms with Crippen LogP contribution in [0.4, 0.5) is 0 Å². The highest BCUT2D eigenvalue weighted by atomic mass is 16.1. The van der Waals surface area contributed by atoms with Gasteiger partial charge in [0.05, 0.1) is 11.7 Å². The lowest BCUT2D eigenvalue weighted by Crippen LogP contribution is -2.13. The van der Waals surface area contributed by atoms with Gasteiger partial charge in [0.1, 0.15) is 5.69 Å². The van der Waals surface area contributed by atoms with E-state index in [4.69, 9.17) is 0 Å². The summed E-state index contributed by atoms with van der Waals surface area (Å²) >= 11 is 0. The third-order valence-corrected chi connectivity index (χ3v) is 4.00. The lowest BCUT2D eigenvalue weighted by atomic mass is 10.1. The Balaban J connectivity index is 1.90. The first kappa shape index (κ1) is 10.9. The maximum atomic E-state index is 11.0. The Morgan fingerprint density at radius 2 is 1.76 bits per heavy atom. The van der Waals surface area contributed by atoms with Crippen molar-refractivity contribution in [3.63, 3.8) is 0 Å². The van der Waals surface area contributed by atoms with Crippen LogP contribution >= 0.6 is 0 Å². The second kappa shape index (κ2) is 4.59. The Bertz CT molecular complexity index is 401. The van der Waals surface area contributed by atoms with Gasteiger partial charge >= 0.3 is 0 Å². The summed E-state index contributed by atoms with van der Waals surface area (Å²) in [7, 11) is 0. The zero-order valence-corrected chi connectivity index (χ0v) is 10.1. The molecule has 0 bridgehead atoms. The Morgan fingerprint density at radius 3 is 2.35 bits per heavy atom. The third-order valence-electron chi connectivity index (χ3n) is 4.00. The average Bonchev–Trinajstić information content (AvgIpc) is 3.14. The van der Waals surface area contributed by atoms with E-state index in [0.29, 0.717) is 17.7 Å². The number of hydrogen-bond acceptors (Lipinski definition) is 3. The van der Waals surface area contributed by atoms with Gasteiger partial charge in [0.15, 0.2) is 6.29 Å². The monoisotopic (exact) mass is 233 g/mol. The minimum absolute atomic E-state index is 0.481. The van der Waals surface area contributed by atoms with Crippen molar-refractivity contribution >= 4 is 6.29 Å². The SMILES string of the molecule is O=Cc1nnn(C2CCCCCC2)c1C1CC1. The first-order valence-electron chi connectivity index (χ1n) is 6.80. The van der Waals surface area contributed by atoms with E-state index in [1.54, 1.807) is 0 Å². The molecule has 2 aliphatic rings. The maximum Gasteiger partial charge on any atom is 0.172 e. The van der Waals surface area contributed by atoms with Crippen molar-refractivity contribution in [1.82, 2.24) is 15.0 Å². The molecule has 3 rings (SSSR count). The van der Waals surface area contributed by atoms with E-state index in [2.05, 4.69) is 15.0 Å². The zero-order chi connectivity index (χ0) is 11.7. The Labute approximate surface area is 101 Å². The topological polar surface area (TPSA) is 47.8 Å². The van der Waals surface area contributed by atoms with Crippen LogP contribution in [0.2, 0.25) is 0 Å². The van der Waals surface area contributed by atoms with Gasteiger partial charge in [-0.1, -0.05) is 30.9 Å². The molecule has 4 nitrogen and oxygen atoms in total. The highest BCUT2D eigenvalue weighted by Gasteiger charge is 2.33. The number of aromatic nitrogens is 3. The van der Waals surface area contributed by atoms with Crippen molar-refractivity contribution in [3.8, 4) is 0 Å². The molecule has 0 amide bonds. The second-order valence-corrected chi connectivity index (χ2v) is 5.34. The van der Waals surface area contributed by atoms with Crippen LogP contribution in [-0.2, 0) is 0 Å². The molecule has 1 aromatic rings. The van der Waals surface area contributed by atoms with Crippen LogP contribution in [0.5, 0.6) is 0 Å². The fourth-order valence-corrected chi connectivity index (χ4v) is 2.92. The molecule has 0 N–H and O–H groups in total. The van der Waals surface area contributed by atoms with Crippen LogP contribution in [0, 0.1) is 0 Å². The van der Waals surface area contributed by atoms with Crippen LogP contribution in [-0.4, -0.2) is 21.3 Å². The van der Waals surface area contributed by atoms with Crippen molar-refractivity contribution in [2.75, 3.05) is 0 Å². The molecular weight excluding hydrogens is 214 g/mol. The van der Waals surface area contributed by atoms with Gasteiger partial charge in [0, 0.05) is 5.92 Å². The molecule has 1 heterocycles. The molecule has 0 unspecified atom stereocenters. The summed E-state index contributed by atoms with van der Waals surface area (Å²) in [5.41, 5.74) is 1.70. The highest BCUT2D eigenvalue weighted by molar-refractivity contribution is 5.73. The van der Waals surface area contributed by atoms with Gasteiger partial charge in [-0.2, -0.15) is 0 Å². The van der Waals surface area contributed by atoms with E-state index in [-0.39, 0.29) is 0 Å². The fraction of sp³-hybridized carbons (Fsp3) is 0.769. The average molecular weight is 233 g/mol. The van der Waals surface area contributed by atoms with Gasteiger partial charge in [-0.05, 0) is 25.7 Å². The van der Waals surface area contributed by atoms with E-state index in [1.165, 1.54) is 51.4 Å². The predicted molar refractivity (Wildman–Crippen MR) is 64.1 cm³/mol. The van der Waals surface area contributed by atoms with E-state index in [0.717, 1.165) is 12.0 Å². The maximum absolute atomic E-state index is 11.0. The summed E-state index contributed by atoms with van der Waals surface area (Å²) in [6.07, 6.45) is 10.9. The number of rotatable bonds is 3. The fourth-order valence-electron chi connectivity index (χ4n) is 2.92. The van der Waals surface area contributed by atoms with Gasteiger partial charge in [0.2, 0.25) is 0 Å². The normalized spacial score (nSPS) is 22.4. The van der Waals surface area contributed by atoms with Crippen molar-refractivity contribution in [3.05, 3.63) is 11.4 Å². The van der Waals surface area contributed by atoms with E-state index in [1.807, 2.05) is 0 Å². The molecule has 2 fully saturated rings. The van der Waals surface area contributed by atoms with Gasteiger partial charge in [-0.15, -0.1) is 5.10 Å². The van der Waals surface area contributed by atoms with Crippen LogP contribution in [0.3, 0.4) is 0 Å². The van der Waals surface area contributed by atoms with Crippen LogP contribution in [0.1, 0.15) is 79.5 Å². The Kier molecular flexibility index (Phi) is 2.95. The van der Waals surface area contributed by atoms with E-state index in [9.17, 15) is 4.79 Å². The van der Waals surface area contributed by atoms with Crippen molar-refractivity contribution in [2.45, 2.75) is 63.3 Å². The number of aldehydes is 1. The lowest BCUT2D eigenvalue weighted by Gasteiger charge is -2.16. The van der Waals surface area contributed by atoms with Crippen LogP contribution < -0.4 is 0 Å². The molecule has 0 spiro atoms. The molecular formula is C13H19N3O. The first-order valence-corrected chi connectivity index (χ1v) is 6.80. The lowest BCUT2D eigenvalue weighted by molar-refractivity contribution is 0.111. The summed E-state index contributed by atoms with van der Waals surface area (Å²) in [5.74, 6) is 0.549. The first-order chi connectivity index (χ1) is 8.40. The highest BCUT2D eigenvalue weighted by Crippen LogP contribution is 2.42. The van der Waals surface area contributed by atoms with Gasteiger partial charge in [-0.3, -0.25) is 4.79 Å². The van der Waals surface area contributed by atoms with Crippen molar-refractivity contribution < 1.29 is 4.79 Å². The van der Waals surface area contributed by atoms with Crippen molar-refractivity contribution in [1.29, 1.82) is 0 Å². The third kappa shape index (κ3) is 2.13. The summed E-state index contributed by atoms with van der Waals surface area (Å²) in [4.78, 5) is 11.0. The largest absolute Gasteiger partial charge is 0.296 e. The van der Waals surface area contributed by atoms with Gasteiger partial charge in [0.25, 0.3) is 0 Å². The molecule has 0 atom stereocenters. The Hall–Kier alpha value is -1.19. The number of hydrogen-bond donors (Lipinski definition) is 0. The second-order valence-electron chi connectivity index (χ2n) is 5.34. The van der Waals surface area contributed by atoms with Crippen molar-refractivity contribution in [2.24, 2.45) is 0 Å². The molecule has 1 aromatic heterocycles. The smallest absolute Gasteiger partial charge is 0.172 e.